The minimum absolute atomic E-state index is 0.0601. The highest BCUT2D eigenvalue weighted by molar-refractivity contribution is 5.78. The van der Waals surface area contributed by atoms with Gasteiger partial charge in [0.15, 0.2) is 0 Å². The van der Waals surface area contributed by atoms with Gasteiger partial charge < -0.3 is 10.6 Å². The molecule has 4 nitrogen and oxygen atoms in total. The van der Waals surface area contributed by atoms with E-state index < -0.39 is 0 Å². The Morgan fingerprint density at radius 3 is 2.62 bits per heavy atom. The number of nitrogens with zero attached hydrogens (tertiary/aromatic N) is 2. The van der Waals surface area contributed by atoms with Crippen LogP contribution in [0, 0.1) is 12.8 Å². The van der Waals surface area contributed by atoms with Gasteiger partial charge in [0.05, 0.1) is 5.92 Å². The summed E-state index contributed by atoms with van der Waals surface area (Å²) in [6, 6.07) is 3.94. The molecule has 0 aromatic carbocycles. The zero-order valence-corrected chi connectivity index (χ0v) is 10.1. The van der Waals surface area contributed by atoms with E-state index in [2.05, 4.69) is 4.98 Å². The second-order valence-electron chi connectivity index (χ2n) is 4.20. The smallest absolute Gasteiger partial charge is 0.226 e. The molecule has 0 radical (unpaired) electrons. The number of hydrogen-bond donors (Lipinski definition) is 1. The lowest BCUT2D eigenvalue weighted by molar-refractivity contribution is -0.132. The Labute approximate surface area is 96.5 Å². The van der Waals surface area contributed by atoms with Crippen molar-refractivity contribution in [2.75, 3.05) is 20.6 Å². The first kappa shape index (κ1) is 12.6. The summed E-state index contributed by atoms with van der Waals surface area (Å²) in [5, 5.41) is 0. The molecule has 0 spiro atoms. The Kier molecular flexibility index (Phi) is 4.43. The zero-order chi connectivity index (χ0) is 12.1. The number of pyridine rings is 1. The lowest BCUT2D eigenvalue weighted by Gasteiger charge is -2.18. The number of aromatic nitrogens is 1. The van der Waals surface area contributed by atoms with Gasteiger partial charge in [-0.1, -0.05) is 6.07 Å². The summed E-state index contributed by atoms with van der Waals surface area (Å²) in [5.74, 6) is -0.116. The maximum atomic E-state index is 11.8. The molecule has 1 aromatic rings. The average molecular weight is 221 g/mol. The lowest BCUT2D eigenvalue weighted by atomic mass is 10.0. The highest BCUT2D eigenvalue weighted by Crippen LogP contribution is 2.08. The van der Waals surface area contributed by atoms with Gasteiger partial charge in [0, 0.05) is 39.0 Å². The second-order valence-corrected chi connectivity index (χ2v) is 4.20. The maximum absolute atomic E-state index is 11.8. The summed E-state index contributed by atoms with van der Waals surface area (Å²) < 4.78 is 0. The molecule has 1 atom stereocenters. The van der Waals surface area contributed by atoms with E-state index in [0.717, 1.165) is 11.3 Å². The van der Waals surface area contributed by atoms with Gasteiger partial charge in [0.1, 0.15) is 0 Å². The van der Waals surface area contributed by atoms with Crippen LogP contribution in [0.3, 0.4) is 0 Å². The molecule has 0 aliphatic carbocycles. The van der Waals surface area contributed by atoms with Gasteiger partial charge in [-0.2, -0.15) is 0 Å². The third kappa shape index (κ3) is 3.31. The predicted octanol–water partition coefficient (Wildman–Crippen LogP) is 0.596. The van der Waals surface area contributed by atoms with E-state index >= 15 is 0 Å². The minimum Gasteiger partial charge on any atom is -0.349 e. The zero-order valence-electron chi connectivity index (χ0n) is 10.1. The van der Waals surface area contributed by atoms with Crippen molar-refractivity contribution in [1.29, 1.82) is 0 Å². The molecule has 0 bridgehead atoms. The molecule has 88 valence electrons. The molecule has 1 amide bonds. The summed E-state index contributed by atoms with van der Waals surface area (Å²) in [4.78, 5) is 17.6. The van der Waals surface area contributed by atoms with Gasteiger partial charge in [-0.05, 0) is 18.6 Å². The molecule has 1 aromatic heterocycles. The fourth-order valence-electron chi connectivity index (χ4n) is 1.51. The molecular weight excluding hydrogens is 202 g/mol. The summed E-state index contributed by atoms with van der Waals surface area (Å²) >= 11 is 0. The van der Waals surface area contributed by atoms with Crippen LogP contribution < -0.4 is 5.73 Å². The lowest BCUT2D eigenvalue weighted by Crippen LogP contribution is -2.35. The van der Waals surface area contributed by atoms with Crippen molar-refractivity contribution in [3.8, 4) is 0 Å². The fourth-order valence-corrected chi connectivity index (χ4v) is 1.51. The molecule has 1 heterocycles. The number of rotatable bonds is 4. The van der Waals surface area contributed by atoms with E-state index in [1.807, 2.05) is 25.3 Å². The van der Waals surface area contributed by atoms with Crippen LogP contribution in [0.25, 0.3) is 0 Å². The van der Waals surface area contributed by atoms with Crippen molar-refractivity contribution in [2.45, 2.75) is 13.3 Å². The molecule has 0 aliphatic heterocycles. The van der Waals surface area contributed by atoms with Crippen molar-refractivity contribution in [1.82, 2.24) is 9.88 Å². The molecule has 16 heavy (non-hydrogen) atoms. The molecule has 4 heteroatoms. The molecule has 0 fully saturated rings. The Balaban J connectivity index is 2.70. The van der Waals surface area contributed by atoms with Gasteiger partial charge in [0.2, 0.25) is 5.91 Å². The van der Waals surface area contributed by atoms with Crippen molar-refractivity contribution in [3.05, 3.63) is 29.6 Å². The molecule has 2 N–H and O–H groups in total. The van der Waals surface area contributed by atoms with Gasteiger partial charge in [-0.25, -0.2) is 0 Å². The number of hydrogen-bond acceptors (Lipinski definition) is 3. The molecule has 0 saturated heterocycles. The third-order valence-corrected chi connectivity index (χ3v) is 2.50. The monoisotopic (exact) mass is 221 g/mol. The molecule has 1 rings (SSSR count). The Morgan fingerprint density at radius 1 is 1.50 bits per heavy atom. The number of carbonyl (C=O) groups excluding carboxylic acids is 1. The van der Waals surface area contributed by atoms with Crippen LogP contribution in [0.15, 0.2) is 18.3 Å². The first-order chi connectivity index (χ1) is 7.54. The summed E-state index contributed by atoms with van der Waals surface area (Å²) in [6.07, 6.45) is 2.41. The largest absolute Gasteiger partial charge is 0.349 e. The average Bonchev–Trinajstić information content (AvgIpc) is 2.27. The third-order valence-electron chi connectivity index (χ3n) is 2.50. The van der Waals surface area contributed by atoms with Crippen molar-refractivity contribution < 1.29 is 4.79 Å². The van der Waals surface area contributed by atoms with E-state index in [4.69, 9.17) is 5.73 Å². The van der Waals surface area contributed by atoms with E-state index in [0.29, 0.717) is 13.0 Å². The topological polar surface area (TPSA) is 59.2 Å². The van der Waals surface area contributed by atoms with Crippen LogP contribution in [0.5, 0.6) is 0 Å². The van der Waals surface area contributed by atoms with Gasteiger partial charge in [-0.15, -0.1) is 0 Å². The fraction of sp³-hybridized carbons (Fsp3) is 0.500. The Morgan fingerprint density at radius 2 is 2.19 bits per heavy atom. The van der Waals surface area contributed by atoms with Gasteiger partial charge in [-0.3, -0.25) is 9.78 Å². The first-order valence-corrected chi connectivity index (χ1v) is 5.37. The SMILES string of the molecule is Cc1ccc(CC(CN)C(=O)N(C)C)nc1. The Bertz CT molecular complexity index is 346. The quantitative estimate of drug-likeness (QED) is 0.809. The Hall–Kier alpha value is -1.42. The second kappa shape index (κ2) is 5.61. The number of amides is 1. The van der Waals surface area contributed by atoms with E-state index in [1.165, 1.54) is 0 Å². The maximum Gasteiger partial charge on any atom is 0.226 e. The van der Waals surface area contributed by atoms with Crippen molar-refractivity contribution in [2.24, 2.45) is 11.7 Å². The number of nitrogens with two attached hydrogens (primary N) is 1. The first-order valence-electron chi connectivity index (χ1n) is 5.37. The van der Waals surface area contributed by atoms with E-state index in [-0.39, 0.29) is 11.8 Å². The molecular formula is C12H19N3O. The van der Waals surface area contributed by atoms with Crippen LogP contribution in [0.4, 0.5) is 0 Å². The highest BCUT2D eigenvalue weighted by Gasteiger charge is 2.19. The van der Waals surface area contributed by atoms with E-state index in [9.17, 15) is 4.79 Å². The minimum atomic E-state index is -0.176. The summed E-state index contributed by atoms with van der Waals surface area (Å²) in [5.41, 5.74) is 7.64. The number of carbonyl (C=O) groups is 1. The highest BCUT2D eigenvalue weighted by atomic mass is 16.2. The number of aryl methyl sites for hydroxylation is 1. The summed E-state index contributed by atoms with van der Waals surface area (Å²) in [6.45, 7) is 2.34. The normalized spacial score (nSPS) is 12.2. The molecule has 1 unspecified atom stereocenters. The van der Waals surface area contributed by atoms with Crippen molar-refractivity contribution in [3.63, 3.8) is 0 Å². The van der Waals surface area contributed by atoms with Gasteiger partial charge >= 0.3 is 0 Å². The molecule has 0 saturated carbocycles. The summed E-state index contributed by atoms with van der Waals surface area (Å²) in [7, 11) is 3.49. The van der Waals surface area contributed by atoms with Crippen LogP contribution in [0.2, 0.25) is 0 Å². The van der Waals surface area contributed by atoms with Crippen LogP contribution in [-0.2, 0) is 11.2 Å². The molecule has 0 aliphatic rings. The van der Waals surface area contributed by atoms with Crippen LogP contribution in [-0.4, -0.2) is 36.4 Å². The van der Waals surface area contributed by atoms with Gasteiger partial charge in [0.25, 0.3) is 0 Å². The van der Waals surface area contributed by atoms with E-state index in [1.54, 1.807) is 19.0 Å². The van der Waals surface area contributed by atoms with Crippen molar-refractivity contribution >= 4 is 5.91 Å². The predicted molar refractivity (Wildman–Crippen MR) is 63.9 cm³/mol. The standard InChI is InChI=1S/C12H19N3O/c1-9-4-5-11(14-8-9)6-10(7-13)12(16)15(2)3/h4-5,8,10H,6-7,13H2,1-3H3. The van der Waals surface area contributed by atoms with Crippen LogP contribution in [0.1, 0.15) is 11.3 Å². The van der Waals surface area contributed by atoms with Crippen LogP contribution >= 0.6 is 0 Å².